The fourth-order valence-corrected chi connectivity index (χ4v) is 3.61. The van der Waals surface area contributed by atoms with E-state index in [-0.39, 0.29) is 32.1 Å². The van der Waals surface area contributed by atoms with Crippen molar-refractivity contribution in [3.8, 4) is 11.1 Å². The predicted molar refractivity (Wildman–Crippen MR) is 114 cm³/mol. The number of carbonyl (C=O) groups is 4. The summed E-state index contributed by atoms with van der Waals surface area (Å²) < 4.78 is 10.2. The molecule has 1 unspecified atom stereocenters. The first-order valence-electron chi connectivity index (χ1n) is 10.2. The third kappa shape index (κ3) is 5.23. The van der Waals surface area contributed by atoms with E-state index in [0.717, 1.165) is 22.3 Å². The summed E-state index contributed by atoms with van der Waals surface area (Å²) in [6.45, 7) is 1.38. The summed E-state index contributed by atoms with van der Waals surface area (Å²) in [5.74, 6) is -3.13. The highest BCUT2D eigenvalue weighted by Gasteiger charge is 2.32. The molecule has 9 nitrogen and oxygen atoms in total. The molecule has 1 aliphatic carbocycles. The second kappa shape index (κ2) is 10.4. The fraction of sp³-hybridized carbons (Fsp3) is 0.304. The van der Waals surface area contributed by atoms with Crippen LogP contribution in [-0.2, 0) is 23.9 Å². The SMILES string of the molecule is CCOC(=O)C(NC(=O)OCC1c2ccccc2-c2ccccc21)C(=O)NCCC(=O)O. The molecule has 1 atom stereocenters. The Balaban J connectivity index is 1.65. The fourth-order valence-electron chi connectivity index (χ4n) is 3.61. The molecule has 3 rings (SSSR count). The Hall–Kier alpha value is -3.88. The van der Waals surface area contributed by atoms with Gasteiger partial charge in [-0.3, -0.25) is 14.9 Å². The second-order valence-corrected chi connectivity index (χ2v) is 7.09. The van der Waals surface area contributed by atoms with Crippen LogP contribution in [0.5, 0.6) is 0 Å². The van der Waals surface area contributed by atoms with Crippen molar-refractivity contribution >= 4 is 23.9 Å². The zero-order chi connectivity index (χ0) is 23.1. The molecule has 168 valence electrons. The van der Waals surface area contributed by atoms with Crippen LogP contribution in [0.1, 0.15) is 30.4 Å². The van der Waals surface area contributed by atoms with Crippen molar-refractivity contribution in [1.82, 2.24) is 10.6 Å². The number of hydrogen-bond acceptors (Lipinski definition) is 6. The number of carboxylic acids is 1. The van der Waals surface area contributed by atoms with E-state index < -0.39 is 30.0 Å². The monoisotopic (exact) mass is 440 g/mol. The average Bonchev–Trinajstić information content (AvgIpc) is 3.09. The molecule has 1 aliphatic rings. The number of hydrogen-bond donors (Lipinski definition) is 3. The number of aliphatic carboxylic acids is 1. The Kier molecular flexibility index (Phi) is 7.43. The summed E-state index contributed by atoms with van der Waals surface area (Å²) in [5.41, 5.74) is 4.18. The van der Waals surface area contributed by atoms with E-state index >= 15 is 0 Å². The molecule has 0 spiro atoms. The summed E-state index contributed by atoms with van der Waals surface area (Å²) >= 11 is 0. The van der Waals surface area contributed by atoms with Crippen molar-refractivity contribution in [3.05, 3.63) is 59.7 Å². The van der Waals surface area contributed by atoms with Gasteiger partial charge in [0.25, 0.3) is 5.91 Å². The molecular weight excluding hydrogens is 416 g/mol. The van der Waals surface area contributed by atoms with Crippen LogP contribution in [-0.4, -0.2) is 54.8 Å². The maximum Gasteiger partial charge on any atom is 0.408 e. The molecule has 0 fully saturated rings. The molecule has 2 amide bonds. The summed E-state index contributed by atoms with van der Waals surface area (Å²) in [6, 6.07) is 14.0. The van der Waals surface area contributed by atoms with Gasteiger partial charge >= 0.3 is 18.0 Å². The van der Waals surface area contributed by atoms with E-state index in [1.165, 1.54) is 0 Å². The van der Waals surface area contributed by atoms with Crippen LogP contribution in [0.2, 0.25) is 0 Å². The van der Waals surface area contributed by atoms with Gasteiger partial charge in [0.15, 0.2) is 0 Å². The van der Waals surface area contributed by atoms with Crippen molar-refractivity contribution in [2.24, 2.45) is 0 Å². The van der Waals surface area contributed by atoms with Gasteiger partial charge in [-0.15, -0.1) is 0 Å². The van der Waals surface area contributed by atoms with Gasteiger partial charge in [-0.2, -0.15) is 0 Å². The normalized spacial score (nSPS) is 12.8. The number of rotatable bonds is 9. The maximum atomic E-state index is 12.4. The van der Waals surface area contributed by atoms with E-state index in [9.17, 15) is 19.2 Å². The number of amides is 2. The number of esters is 1. The first-order valence-corrected chi connectivity index (χ1v) is 10.2. The minimum Gasteiger partial charge on any atom is -0.481 e. The van der Waals surface area contributed by atoms with E-state index in [1.54, 1.807) is 6.92 Å². The second-order valence-electron chi connectivity index (χ2n) is 7.09. The van der Waals surface area contributed by atoms with E-state index in [0.29, 0.717) is 0 Å². The number of nitrogens with one attached hydrogen (secondary N) is 2. The van der Waals surface area contributed by atoms with Gasteiger partial charge in [-0.25, -0.2) is 9.59 Å². The third-order valence-electron chi connectivity index (χ3n) is 5.03. The van der Waals surface area contributed by atoms with Crippen molar-refractivity contribution < 1.29 is 33.8 Å². The zero-order valence-corrected chi connectivity index (χ0v) is 17.5. The van der Waals surface area contributed by atoms with Crippen LogP contribution >= 0.6 is 0 Å². The predicted octanol–water partition coefficient (Wildman–Crippen LogP) is 2.05. The van der Waals surface area contributed by atoms with Gasteiger partial charge in [0.05, 0.1) is 13.0 Å². The van der Waals surface area contributed by atoms with Crippen LogP contribution in [0.25, 0.3) is 11.1 Å². The van der Waals surface area contributed by atoms with E-state index in [1.807, 2.05) is 48.5 Å². The summed E-state index contributed by atoms with van der Waals surface area (Å²) in [4.78, 5) is 47.5. The smallest absolute Gasteiger partial charge is 0.408 e. The largest absolute Gasteiger partial charge is 0.481 e. The standard InChI is InChI=1S/C23H24N2O7/c1-2-31-22(29)20(21(28)24-12-11-19(26)27)25-23(30)32-13-18-16-9-5-3-7-14(16)15-8-4-6-10-17(15)18/h3-10,18,20H,2,11-13H2,1H3,(H,24,28)(H,25,30)(H,26,27). The molecule has 0 saturated carbocycles. The van der Waals surface area contributed by atoms with Crippen molar-refractivity contribution in [1.29, 1.82) is 0 Å². The number of fused-ring (bicyclic) bond motifs is 3. The van der Waals surface area contributed by atoms with Crippen molar-refractivity contribution in [2.75, 3.05) is 19.8 Å². The minimum atomic E-state index is -1.65. The Morgan fingerprint density at radius 2 is 1.56 bits per heavy atom. The maximum absolute atomic E-state index is 12.4. The van der Waals surface area contributed by atoms with Crippen LogP contribution in [0.3, 0.4) is 0 Å². The molecule has 0 saturated heterocycles. The summed E-state index contributed by atoms with van der Waals surface area (Å²) in [5, 5.41) is 13.2. The van der Waals surface area contributed by atoms with Crippen LogP contribution < -0.4 is 10.6 Å². The van der Waals surface area contributed by atoms with E-state index in [2.05, 4.69) is 10.6 Å². The van der Waals surface area contributed by atoms with Gasteiger partial charge in [0.2, 0.25) is 6.04 Å². The molecule has 3 N–H and O–H groups in total. The summed E-state index contributed by atoms with van der Waals surface area (Å²) in [7, 11) is 0. The third-order valence-corrected chi connectivity index (χ3v) is 5.03. The van der Waals surface area contributed by atoms with Gasteiger partial charge in [0, 0.05) is 12.5 Å². The lowest BCUT2D eigenvalue weighted by atomic mass is 9.98. The van der Waals surface area contributed by atoms with Crippen molar-refractivity contribution in [3.63, 3.8) is 0 Å². The zero-order valence-electron chi connectivity index (χ0n) is 17.5. The molecule has 0 heterocycles. The molecule has 0 bridgehead atoms. The summed E-state index contributed by atoms with van der Waals surface area (Å²) in [6.07, 6.45) is -1.29. The highest BCUT2D eigenvalue weighted by Crippen LogP contribution is 2.44. The molecule has 0 radical (unpaired) electrons. The van der Waals surface area contributed by atoms with Crippen molar-refractivity contribution in [2.45, 2.75) is 25.3 Å². The molecule has 0 aromatic heterocycles. The lowest BCUT2D eigenvalue weighted by molar-refractivity contribution is -0.149. The first-order chi connectivity index (χ1) is 15.4. The lowest BCUT2D eigenvalue weighted by Gasteiger charge is -2.18. The highest BCUT2D eigenvalue weighted by molar-refractivity contribution is 6.04. The number of carboxylic acid groups (broad SMARTS) is 1. The first kappa shape index (κ1) is 22.8. The molecule has 0 aliphatic heterocycles. The molecule has 2 aromatic rings. The number of ether oxygens (including phenoxy) is 2. The highest BCUT2D eigenvalue weighted by atomic mass is 16.6. The van der Waals surface area contributed by atoms with Crippen LogP contribution in [0, 0.1) is 0 Å². The Morgan fingerprint density at radius 1 is 0.969 bits per heavy atom. The molecular formula is C23H24N2O7. The number of benzene rings is 2. The number of alkyl carbamates (subject to hydrolysis) is 1. The Morgan fingerprint density at radius 3 is 2.12 bits per heavy atom. The Bertz CT molecular complexity index is 975. The van der Waals surface area contributed by atoms with Gasteiger partial charge in [0.1, 0.15) is 6.61 Å². The molecule has 9 heteroatoms. The minimum absolute atomic E-state index is 0.00408. The van der Waals surface area contributed by atoms with Crippen LogP contribution in [0.4, 0.5) is 4.79 Å². The van der Waals surface area contributed by atoms with E-state index in [4.69, 9.17) is 14.6 Å². The lowest BCUT2D eigenvalue weighted by Crippen LogP contribution is -2.52. The average molecular weight is 440 g/mol. The van der Waals surface area contributed by atoms with Gasteiger partial charge in [-0.05, 0) is 29.2 Å². The Labute approximate surface area is 184 Å². The van der Waals surface area contributed by atoms with Crippen LogP contribution in [0.15, 0.2) is 48.5 Å². The van der Waals surface area contributed by atoms with Gasteiger partial charge in [-0.1, -0.05) is 48.5 Å². The topological polar surface area (TPSA) is 131 Å². The number of carbonyl (C=O) groups excluding carboxylic acids is 3. The molecule has 2 aromatic carbocycles. The quantitative estimate of drug-likeness (QED) is 0.402. The van der Waals surface area contributed by atoms with Gasteiger partial charge < -0.3 is 19.9 Å². The molecule has 32 heavy (non-hydrogen) atoms.